The Balaban J connectivity index is 1.49. The van der Waals surface area contributed by atoms with Gasteiger partial charge in [-0.15, -0.1) is 0 Å². The topological polar surface area (TPSA) is 98.8 Å². The molecule has 176 valence electrons. The van der Waals surface area contributed by atoms with Crippen molar-refractivity contribution in [2.75, 3.05) is 13.2 Å². The molecule has 1 fully saturated rings. The zero-order valence-corrected chi connectivity index (χ0v) is 19.2. The van der Waals surface area contributed by atoms with Gasteiger partial charge in [-0.1, -0.05) is 60.7 Å². The van der Waals surface area contributed by atoms with Gasteiger partial charge in [-0.2, -0.15) is 0 Å². The third-order valence-electron chi connectivity index (χ3n) is 5.55. The van der Waals surface area contributed by atoms with Gasteiger partial charge in [-0.05, 0) is 37.1 Å². The highest BCUT2D eigenvalue weighted by Gasteiger charge is 2.27. The average molecular weight is 480 g/mol. The molecule has 8 heteroatoms. The van der Waals surface area contributed by atoms with Gasteiger partial charge in [0.1, 0.15) is 0 Å². The van der Waals surface area contributed by atoms with Crippen molar-refractivity contribution in [2.45, 2.75) is 29.9 Å². The van der Waals surface area contributed by atoms with Crippen molar-refractivity contribution in [3.05, 3.63) is 102 Å². The minimum atomic E-state index is -3.74. The molecule has 3 aromatic carbocycles. The average Bonchev–Trinajstić information content (AvgIpc) is 3.41. The van der Waals surface area contributed by atoms with Crippen LogP contribution in [0.2, 0.25) is 0 Å². The highest BCUT2D eigenvalue weighted by atomic mass is 32.2. The van der Waals surface area contributed by atoms with Crippen LogP contribution in [0.3, 0.4) is 0 Å². The molecule has 2 atom stereocenters. The fourth-order valence-electron chi connectivity index (χ4n) is 3.69. The molecule has 0 saturated carbocycles. The lowest BCUT2D eigenvalue weighted by atomic mass is 10.00. The Morgan fingerprint density at radius 3 is 2.18 bits per heavy atom. The van der Waals surface area contributed by atoms with E-state index in [1.807, 2.05) is 0 Å². The number of hydrogen-bond donors (Lipinski definition) is 1. The molecule has 1 aliphatic heterocycles. The van der Waals surface area contributed by atoms with E-state index in [-0.39, 0.29) is 28.9 Å². The largest absolute Gasteiger partial charge is 0.445 e. The second kappa shape index (κ2) is 10.7. The molecule has 0 aliphatic carbocycles. The standard InChI is InChI=1S/C26H25NO6S/c28-24(19-8-3-1-4-9-19)25(20-10-5-2-6-11-20)33-26(29)21-13-15-23(16-14-21)34(30,31)27-18-22-12-7-17-32-22/h1-6,8-11,13-16,22,25,27H,7,12,17-18H2. The molecular formula is C26H25NO6S. The van der Waals surface area contributed by atoms with Crippen LogP contribution in [0.5, 0.6) is 0 Å². The molecule has 3 aromatic rings. The van der Waals surface area contributed by atoms with Crippen molar-refractivity contribution in [3.8, 4) is 0 Å². The van der Waals surface area contributed by atoms with Gasteiger partial charge in [-0.3, -0.25) is 4.79 Å². The number of benzene rings is 3. The zero-order valence-electron chi connectivity index (χ0n) is 18.4. The van der Waals surface area contributed by atoms with E-state index < -0.39 is 22.1 Å². The Morgan fingerprint density at radius 1 is 0.912 bits per heavy atom. The number of nitrogens with one attached hydrogen (secondary N) is 1. The lowest BCUT2D eigenvalue weighted by Crippen LogP contribution is -2.31. The third kappa shape index (κ3) is 5.77. The van der Waals surface area contributed by atoms with E-state index >= 15 is 0 Å². The Labute approximate surface area is 198 Å². The molecule has 4 rings (SSSR count). The molecule has 0 amide bonds. The van der Waals surface area contributed by atoms with E-state index in [2.05, 4.69) is 4.72 Å². The molecule has 1 N–H and O–H groups in total. The predicted octanol–water partition coefficient (Wildman–Crippen LogP) is 3.92. The lowest BCUT2D eigenvalue weighted by molar-refractivity contribution is 0.0280. The molecular weight excluding hydrogens is 454 g/mol. The van der Waals surface area contributed by atoms with Crippen LogP contribution in [-0.4, -0.2) is 39.4 Å². The Kier molecular flexibility index (Phi) is 7.52. The molecule has 2 unspecified atom stereocenters. The minimum absolute atomic E-state index is 0.0296. The zero-order chi connectivity index (χ0) is 24.0. The smallest absolute Gasteiger partial charge is 0.339 e. The maximum absolute atomic E-state index is 13.1. The highest BCUT2D eigenvalue weighted by Crippen LogP contribution is 2.24. The monoisotopic (exact) mass is 479 g/mol. The number of esters is 1. The molecule has 7 nitrogen and oxygen atoms in total. The summed E-state index contributed by atoms with van der Waals surface area (Å²) in [4.78, 5) is 26.0. The highest BCUT2D eigenvalue weighted by molar-refractivity contribution is 7.89. The number of hydrogen-bond acceptors (Lipinski definition) is 6. The van der Waals surface area contributed by atoms with Crippen LogP contribution >= 0.6 is 0 Å². The summed E-state index contributed by atoms with van der Waals surface area (Å²) in [7, 11) is -3.74. The first-order chi connectivity index (χ1) is 16.4. The van der Waals surface area contributed by atoms with E-state index in [9.17, 15) is 18.0 Å². The van der Waals surface area contributed by atoms with Gasteiger partial charge in [0, 0.05) is 24.3 Å². The van der Waals surface area contributed by atoms with Gasteiger partial charge in [-0.25, -0.2) is 17.9 Å². The summed E-state index contributed by atoms with van der Waals surface area (Å²) in [5.41, 5.74) is 1.10. The summed E-state index contributed by atoms with van der Waals surface area (Å²) in [6.45, 7) is 0.840. The van der Waals surface area contributed by atoms with E-state index in [1.54, 1.807) is 60.7 Å². The van der Waals surface area contributed by atoms with E-state index in [0.717, 1.165) is 12.8 Å². The number of rotatable bonds is 9. The molecule has 1 aliphatic rings. The van der Waals surface area contributed by atoms with Crippen LogP contribution in [0.15, 0.2) is 89.8 Å². The number of carbonyl (C=O) groups excluding carboxylic acids is 2. The first-order valence-corrected chi connectivity index (χ1v) is 12.5. The molecule has 1 saturated heterocycles. The van der Waals surface area contributed by atoms with Crippen molar-refractivity contribution >= 4 is 21.8 Å². The summed E-state index contributed by atoms with van der Waals surface area (Å²) in [6.07, 6.45) is 0.478. The fourth-order valence-corrected chi connectivity index (χ4v) is 4.76. The van der Waals surface area contributed by atoms with Gasteiger partial charge in [0.2, 0.25) is 15.8 Å². The van der Waals surface area contributed by atoms with Gasteiger partial charge in [0.15, 0.2) is 6.10 Å². The van der Waals surface area contributed by atoms with Crippen molar-refractivity contribution < 1.29 is 27.5 Å². The molecule has 34 heavy (non-hydrogen) atoms. The predicted molar refractivity (Wildman–Crippen MR) is 126 cm³/mol. The summed E-state index contributed by atoms with van der Waals surface area (Å²) in [6, 6.07) is 22.8. The Hall–Kier alpha value is -3.33. The lowest BCUT2D eigenvalue weighted by Gasteiger charge is -2.18. The minimum Gasteiger partial charge on any atom is -0.445 e. The number of ketones is 1. The van der Waals surface area contributed by atoms with Gasteiger partial charge < -0.3 is 9.47 Å². The third-order valence-corrected chi connectivity index (χ3v) is 6.99. The van der Waals surface area contributed by atoms with Crippen LogP contribution in [0, 0.1) is 0 Å². The maximum atomic E-state index is 13.1. The molecule has 0 aromatic heterocycles. The quantitative estimate of drug-likeness (QED) is 0.369. The Morgan fingerprint density at radius 2 is 1.56 bits per heavy atom. The van der Waals surface area contributed by atoms with E-state index in [4.69, 9.17) is 9.47 Å². The molecule has 0 radical (unpaired) electrons. The Bertz CT molecular complexity index is 1220. The van der Waals surface area contributed by atoms with Crippen LogP contribution in [0.4, 0.5) is 0 Å². The molecule has 0 spiro atoms. The fraction of sp³-hybridized carbons (Fsp3) is 0.231. The van der Waals surface area contributed by atoms with Crippen molar-refractivity contribution in [1.29, 1.82) is 0 Å². The van der Waals surface area contributed by atoms with Crippen LogP contribution in [-0.2, 0) is 19.5 Å². The molecule has 0 bridgehead atoms. The number of carbonyl (C=O) groups is 2. The van der Waals surface area contributed by atoms with Crippen LogP contribution in [0.25, 0.3) is 0 Å². The number of Topliss-reactive ketones (excluding diaryl/α,β-unsaturated/α-hetero) is 1. The normalized spacial score (nSPS) is 16.6. The van der Waals surface area contributed by atoms with E-state index in [1.165, 1.54) is 24.3 Å². The summed E-state index contributed by atoms with van der Waals surface area (Å²) in [5, 5.41) is 0. The van der Waals surface area contributed by atoms with Gasteiger partial charge in [0.05, 0.1) is 16.6 Å². The first kappa shape index (κ1) is 23.8. The number of sulfonamides is 1. The first-order valence-electron chi connectivity index (χ1n) is 11.0. The van der Waals surface area contributed by atoms with Gasteiger partial charge in [0.25, 0.3) is 0 Å². The van der Waals surface area contributed by atoms with Crippen molar-refractivity contribution in [3.63, 3.8) is 0 Å². The van der Waals surface area contributed by atoms with Crippen LogP contribution in [0.1, 0.15) is 45.2 Å². The second-order valence-corrected chi connectivity index (χ2v) is 9.70. The SMILES string of the molecule is O=C(OC(C(=O)c1ccccc1)c1ccccc1)c1ccc(S(=O)(=O)NCC2CCCO2)cc1. The molecule has 1 heterocycles. The summed E-state index contributed by atoms with van der Waals surface area (Å²) >= 11 is 0. The van der Waals surface area contributed by atoms with E-state index in [0.29, 0.717) is 17.7 Å². The maximum Gasteiger partial charge on any atom is 0.339 e. The van der Waals surface area contributed by atoms with Crippen LogP contribution < -0.4 is 4.72 Å². The van der Waals surface area contributed by atoms with Crippen molar-refractivity contribution in [2.24, 2.45) is 0 Å². The summed E-state index contributed by atoms with van der Waals surface area (Å²) < 4.78 is 38.7. The summed E-state index contributed by atoms with van der Waals surface area (Å²) in [5.74, 6) is -1.08. The van der Waals surface area contributed by atoms with Crippen molar-refractivity contribution in [1.82, 2.24) is 4.72 Å². The van der Waals surface area contributed by atoms with Gasteiger partial charge >= 0.3 is 5.97 Å². The second-order valence-electron chi connectivity index (χ2n) is 7.94. The number of ether oxygens (including phenoxy) is 2.